The van der Waals surface area contributed by atoms with Crippen molar-refractivity contribution in [2.75, 3.05) is 13.7 Å². The first-order valence-corrected chi connectivity index (χ1v) is 8.08. The maximum absolute atomic E-state index is 12.3. The highest BCUT2D eigenvalue weighted by Crippen LogP contribution is 2.26. The third-order valence-electron chi connectivity index (χ3n) is 5.08. The molecule has 0 spiro atoms. The normalized spacial score (nSPS) is 28.9. The summed E-state index contributed by atoms with van der Waals surface area (Å²) in [7, 11) is 1.79. The van der Waals surface area contributed by atoms with Gasteiger partial charge in [-0.05, 0) is 56.4 Å². The van der Waals surface area contributed by atoms with Gasteiger partial charge >= 0.3 is 0 Å². The van der Waals surface area contributed by atoms with E-state index in [-0.39, 0.29) is 11.8 Å². The zero-order chi connectivity index (χ0) is 14.7. The molecule has 1 heterocycles. The van der Waals surface area contributed by atoms with E-state index < -0.39 is 0 Å². The Morgan fingerprint density at radius 2 is 2.19 bits per heavy atom. The summed E-state index contributed by atoms with van der Waals surface area (Å²) in [5.41, 5.74) is 2.42. The number of aromatic amines is 1. The van der Waals surface area contributed by atoms with E-state index in [4.69, 9.17) is 4.74 Å². The second kappa shape index (κ2) is 6.60. The van der Waals surface area contributed by atoms with Gasteiger partial charge < -0.3 is 10.1 Å². The van der Waals surface area contributed by atoms with E-state index in [1.807, 2.05) is 6.20 Å². The average molecular weight is 291 g/mol. The predicted octanol–water partition coefficient (Wildman–Crippen LogP) is 1.84. The number of methoxy groups -OCH3 is 1. The minimum absolute atomic E-state index is 0.116. The SMILES string of the molecule is COC1CCC(CNC(=O)C2CCc3[nH]ncc3C2)CC1. The topological polar surface area (TPSA) is 67.0 Å². The molecule has 0 radical (unpaired) electrons. The first kappa shape index (κ1) is 14.6. The second-order valence-electron chi connectivity index (χ2n) is 6.44. The highest BCUT2D eigenvalue weighted by atomic mass is 16.5. The number of nitrogens with one attached hydrogen (secondary N) is 2. The van der Waals surface area contributed by atoms with Crippen molar-refractivity contribution in [1.29, 1.82) is 0 Å². The highest BCUT2D eigenvalue weighted by molar-refractivity contribution is 5.79. The van der Waals surface area contributed by atoms with Gasteiger partial charge in [-0.25, -0.2) is 0 Å². The summed E-state index contributed by atoms with van der Waals surface area (Å²) in [6.07, 6.45) is 9.55. The molecule has 1 amide bonds. The fraction of sp³-hybridized carbons (Fsp3) is 0.750. The van der Waals surface area contributed by atoms with Crippen LogP contribution >= 0.6 is 0 Å². The largest absolute Gasteiger partial charge is 0.381 e. The van der Waals surface area contributed by atoms with Gasteiger partial charge in [-0.3, -0.25) is 9.89 Å². The molecule has 0 saturated heterocycles. The van der Waals surface area contributed by atoms with Crippen LogP contribution in [0.5, 0.6) is 0 Å². The van der Waals surface area contributed by atoms with E-state index in [0.717, 1.165) is 51.5 Å². The van der Waals surface area contributed by atoms with Crippen LogP contribution in [0.3, 0.4) is 0 Å². The lowest BCUT2D eigenvalue weighted by Gasteiger charge is -2.28. The van der Waals surface area contributed by atoms with Crippen molar-refractivity contribution in [2.24, 2.45) is 11.8 Å². The minimum atomic E-state index is 0.116. The number of hydrogen-bond donors (Lipinski definition) is 2. The van der Waals surface area contributed by atoms with Gasteiger partial charge in [0.1, 0.15) is 0 Å². The Labute approximate surface area is 125 Å². The fourth-order valence-electron chi connectivity index (χ4n) is 3.60. The summed E-state index contributed by atoms with van der Waals surface area (Å²) >= 11 is 0. The summed E-state index contributed by atoms with van der Waals surface area (Å²) in [5, 5.41) is 10.2. The van der Waals surface area contributed by atoms with Gasteiger partial charge in [0, 0.05) is 25.3 Å². The van der Waals surface area contributed by atoms with Crippen molar-refractivity contribution in [2.45, 2.75) is 51.0 Å². The Balaban J connectivity index is 1.43. The molecule has 0 aromatic carbocycles. The maximum Gasteiger partial charge on any atom is 0.223 e. The first-order chi connectivity index (χ1) is 10.3. The number of aryl methyl sites for hydroxylation is 1. The Hall–Kier alpha value is -1.36. The molecule has 1 aromatic rings. The van der Waals surface area contributed by atoms with Crippen molar-refractivity contribution in [3.8, 4) is 0 Å². The van der Waals surface area contributed by atoms with Gasteiger partial charge in [0.05, 0.1) is 12.3 Å². The number of H-pyrrole nitrogens is 1. The van der Waals surface area contributed by atoms with Crippen molar-refractivity contribution >= 4 is 5.91 Å². The summed E-state index contributed by atoms with van der Waals surface area (Å²) in [6.45, 7) is 0.823. The van der Waals surface area contributed by atoms with Crippen molar-refractivity contribution in [1.82, 2.24) is 15.5 Å². The quantitative estimate of drug-likeness (QED) is 0.889. The number of carbonyl (C=O) groups is 1. The highest BCUT2D eigenvalue weighted by Gasteiger charge is 2.27. The van der Waals surface area contributed by atoms with E-state index in [2.05, 4.69) is 15.5 Å². The van der Waals surface area contributed by atoms with Crippen LogP contribution in [0, 0.1) is 11.8 Å². The van der Waals surface area contributed by atoms with Crippen LogP contribution in [0.1, 0.15) is 43.4 Å². The molecular formula is C16H25N3O2. The lowest BCUT2D eigenvalue weighted by atomic mass is 9.85. The number of aromatic nitrogens is 2. The molecule has 1 fully saturated rings. The number of nitrogens with zero attached hydrogens (tertiary/aromatic N) is 1. The van der Waals surface area contributed by atoms with Gasteiger partial charge in [-0.15, -0.1) is 0 Å². The lowest BCUT2D eigenvalue weighted by Crippen LogP contribution is -2.38. The van der Waals surface area contributed by atoms with E-state index in [9.17, 15) is 4.79 Å². The molecule has 1 unspecified atom stereocenters. The zero-order valence-electron chi connectivity index (χ0n) is 12.7. The van der Waals surface area contributed by atoms with E-state index in [1.54, 1.807) is 7.11 Å². The summed E-state index contributed by atoms with van der Waals surface area (Å²) in [4.78, 5) is 12.3. The molecule has 0 aliphatic heterocycles. The predicted molar refractivity (Wildman–Crippen MR) is 79.9 cm³/mol. The summed E-state index contributed by atoms with van der Waals surface area (Å²) in [6, 6.07) is 0. The lowest BCUT2D eigenvalue weighted by molar-refractivity contribution is -0.125. The van der Waals surface area contributed by atoms with Crippen LogP contribution in [-0.4, -0.2) is 35.9 Å². The van der Waals surface area contributed by atoms with Gasteiger partial charge in [0.15, 0.2) is 0 Å². The third-order valence-corrected chi connectivity index (χ3v) is 5.08. The van der Waals surface area contributed by atoms with Crippen LogP contribution in [0.2, 0.25) is 0 Å². The molecule has 2 aliphatic rings. The Morgan fingerprint density at radius 1 is 1.38 bits per heavy atom. The van der Waals surface area contributed by atoms with Crippen LogP contribution < -0.4 is 5.32 Å². The van der Waals surface area contributed by atoms with Gasteiger partial charge in [-0.2, -0.15) is 5.10 Å². The molecule has 1 saturated carbocycles. The number of ether oxygens (including phenoxy) is 1. The second-order valence-corrected chi connectivity index (χ2v) is 6.44. The monoisotopic (exact) mass is 291 g/mol. The van der Waals surface area contributed by atoms with Crippen LogP contribution in [0.15, 0.2) is 6.20 Å². The molecule has 116 valence electrons. The van der Waals surface area contributed by atoms with Crippen molar-refractivity contribution in [3.05, 3.63) is 17.5 Å². The van der Waals surface area contributed by atoms with Crippen molar-refractivity contribution in [3.63, 3.8) is 0 Å². The number of carbonyl (C=O) groups excluding carboxylic acids is 1. The molecule has 21 heavy (non-hydrogen) atoms. The molecule has 2 N–H and O–H groups in total. The molecular weight excluding hydrogens is 266 g/mol. The Morgan fingerprint density at radius 3 is 2.95 bits per heavy atom. The van der Waals surface area contributed by atoms with Crippen molar-refractivity contribution < 1.29 is 9.53 Å². The molecule has 3 rings (SSSR count). The molecule has 5 heteroatoms. The maximum atomic E-state index is 12.3. The summed E-state index contributed by atoms with van der Waals surface area (Å²) < 4.78 is 5.39. The van der Waals surface area contributed by atoms with Crippen LogP contribution in [0.4, 0.5) is 0 Å². The Bertz CT molecular complexity index is 478. The summed E-state index contributed by atoms with van der Waals surface area (Å²) in [5.74, 6) is 0.953. The van der Waals surface area contributed by atoms with E-state index in [0.29, 0.717) is 12.0 Å². The molecule has 0 bridgehead atoms. The zero-order valence-corrected chi connectivity index (χ0v) is 12.7. The first-order valence-electron chi connectivity index (χ1n) is 8.08. The minimum Gasteiger partial charge on any atom is -0.381 e. The fourth-order valence-corrected chi connectivity index (χ4v) is 3.60. The standard InChI is InChI=1S/C16H25N3O2/c1-21-14-5-2-11(3-6-14)9-17-16(20)12-4-7-15-13(8-12)10-18-19-15/h10-12,14H,2-9H2,1H3,(H,17,20)(H,18,19). The number of rotatable bonds is 4. The molecule has 2 aliphatic carbocycles. The third kappa shape index (κ3) is 3.46. The van der Waals surface area contributed by atoms with E-state index in [1.165, 1.54) is 11.3 Å². The number of hydrogen-bond acceptors (Lipinski definition) is 3. The average Bonchev–Trinajstić information content (AvgIpc) is 3.00. The van der Waals surface area contributed by atoms with Gasteiger partial charge in [0.2, 0.25) is 5.91 Å². The van der Waals surface area contributed by atoms with Crippen LogP contribution in [-0.2, 0) is 22.4 Å². The molecule has 5 nitrogen and oxygen atoms in total. The van der Waals surface area contributed by atoms with Gasteiger partial charge in [-0.1, -0.05) is 0 Å². The van der Waals surface area contributed by atoms with E-state index >= 15 is 0 Å². The number of amides is 1. The Kier molecular flexibility index (Phi) is 4.58. The smallest absolute Gasteiger partial charge is 0.223 e. The molecule has 1 atom stereocenters. The van der Waals surface area contributed by atoms with Gasteiger partial charge in [0.25, 0.3) is 0 Å². The number of fused-ring (bicyclic) bond motifs is 1. The van der Waals surface area contributed by atoms with Crippen LogP contribution in [0.25, 0.3) is 0 Å². The molecule has 1 aromatic heterocycles.